The van der Waals surface area contributed by atoms with Crippen LogP contribution in [0.2, 0.25) is 5.02 Å². The first-order valence-corrected chi connectivity index (χ1v) is 4.82. The molecule has 1 N–H and O–H groups in total. The lowest BCUT2D eigenvalue weighted by atomic mass is 9.99. The van der Waals surface area contributed by atoms with Crippen LogP contribution in [0.4, 0.5) is 0 Å². The van der Waals surface area contributed by atoms with Gasteiger partial charge in [-0.15, -0.1) is 0 Å². The van der Waals surface area contributed by atoms with Crippen LogP contribution in [0.3, 0.4) is 0 Å². The molecular formula is C11H15ClO. The smallest absolute Gasteiger partial charge is 0.0594 e. The number of rotatable bonds is 3. The normalized spacial score (nSPS) is 11.7. The lowest BCUT2D eigenvalue weighted by molar-refractivity contribution is 0.0714. The Morgan fingerprint density at radius 3 is 2.62 bits per heavy atom. The Balaban J connectivity index is 2.55. The lowest BCUT2D eigenvalue weighted by Gasteiger charge is -2.16. The molecule has 1 aromatic rings. The van der Waals surface area contributed by atoms with Gasteiger partial charge in [0, 0.05) is 5.02 Å². The lowest BCUT2D eigenvalue weighted by Crippen LogP contribution is -2.19. The van der Waals surface area contributed by atoms with E-state index in [1.165, 1.54) is 5.56 Å². The standard InChI is InChI=1S/C11H15ClO/c1-11(2,13)7-6-9-4-3-5-10(12)8-9/h3-5,8,13H,6-7H2,1-2H3. The highest BCUT2D eigenvalue weighted by molar-refractivity contribution is 6.30. The van der Waals surface area contributed by atoms with Gasteiger partial charge in [-0.2, -0.15) is 0 Å². The molecule has 0 fully saturated rings. The molecule has 1 nitrogen and oxygen atoms in total. The fraction of sp³-hybridized carbons (Fsp3) is 0.455. The van der Waals surface area contributed by atoms with E-state index in [9.17, 15) is 5.11 Å². The molecule has 1 rings (SSSR count). The summed E-state index contributed by atoms with van der Waals surface area (Å²) in [5.74, 6) is 0. The van der Waals surface area contributed by atoms with E-state index in [1.807, 2.05) is 38.1 Å². The average molecular weight is 199 g/mol. The van der Waals surface area contributed by atoms with E-state index >= 15 is 0 Å². The Morgan fingerprint density at radius 2 is 2.08 bits per heavy atom. The third-order valence-corrected chi connectivity index (χ3v) is 2.15. The molecule has 0 heterocycles. The van der Waals surface area contributed by atoms with Crippen LogP contribution >= 0.6 is 11.6 Å². The fourth-order valence-corrected chi connectivity index (χ4v) is 1.36. The highest BCUT2D eigenvalue weighted by Crippen LogP contribution is 2.16. The van der Waals surface area contributed by atoms with Crippen molar-refractivity contribution in [1.29, 1.82) is 0 Å². The third-order valence-electron chi connectivity index (χ3n) is 1.91. The van der Waals surface area contributed by atoms with Gasteiger partial charge in [-0.05, 0) is 44.4 Å². The van der Waals surface area contributed by atoms with E-state index in [0.717, 1.165) is 17.9 Å². The molecule has 13 heavy (non-hydrogen) atoms. The van der Waals surface area contributed by atoms with E-state index in [4.69, 9.17) is 11.6 Å². The Hall–Kier alpha value is -0.530. The van der Waals surface area contributed by atoms with Crippen molar-refractivity contribution in [3.8, 4) is 0 Å². The summed E-state index contributed by atoms with van der Waals surface area (Å²) in [7, 11) is 0. The molecule has 0 bridgehead atoms. The SMILES string of the molecule is CC(C)(O)CCc1cccc(Cl)c1. The molecule has 0 aromatic heterocycles. The van der Waals surface area contributed by atoms with Crippen LogP contribution in [0.15, 0.2) is 24.3 Å². The van der Waals surface area contributed by atoms with Gasteiger partial charge >= 0.3 is 0 Å². The second-order valence-corrected chi connectivity index (χ2v) is 4.38. The molecule has 72 valence electrons. The van der Waals surface area contributed by atoms with Gasteiger partial charge in [-0.1, -0.05) is 23.7 Å². The zero-order valence-electron chi connectivity index (χ0n) is 8.05. The van der Waals surface area contributed by atoms with Gasteiger partial charge < -0.3 is 5.11 Å². The number of benzene rings is 1. The summed E-state index contributed by atoms with van der Waals surface area (Å²) in [5.41, 5.74) is 0.581. The molecule has 0 unspecified atom stereocenters. The minimum Gasteiger partial charge on any atom is -0.390 e. The summed E-state index contributed by atoms with van der Waals surface area (Å²) in [6, 6.07) is 7.75. The van der Waals surface area contributed by atoms with Crippen LogP contribution in [0, 0.1) is 0 Å². The van der Waals surface area contributed by atoms with Gasteiger partial charge in [0.1, 0.15) is 0 Å². The zero-order valence-corrected chi connectivity index (χ0v) is 8.80. The van der Waals surface area contributed by atoms with Gasteiger partial charge in [0.2, 0.25) is 0 Å². The molecule has 0 saturated carbocycles. The van der Waals surface area contributed by atoms with E-state index in [0.29, 0.717) is 0 Å². The van der Waals surface area contributed by atoms with Crippen LogP contribution in [0.25, 0.3) is 0 Å². The molecule has 0 amide bonds. The van der Waals surface area contributed by atoms with Gasteiger partial charge in [0.15, 0.2) is 0 Å². The summed E-state index contributed by atoms with van der Waals surface area (Å²) >= 11 is 5.83. The minimum absolute atomic E-state index is 0.595. The van der Waals surface area contributed by atoms with Crippen LogP contribution in [-0.4, -0.2) is 10.7 Å². The Morgan fingerprint density at radius 1 is 1.38 bits per heavy atom. The molecule has 0 saturated heterocycles. The van der Waals surface area contributed by atoms with Crippen LogP contribution in [-0.2, 0) is 6.42 Å². The van der Waals surface area contributed by atoms with Crippen molar-refractivity contribution in [3.05, 3.63) is 34.9 Å². The molecule has 0 aliphatic rings. The number of aliphatic hydroxyl groups is 1. The number of hydrogen-bond donors (Lipinski definition) is 1. The molecule has 0 spiro atoms. The molecule has 0 aliphatic heterocycles. The Bertz CT molecular complexity index is 276. The van der Waals surface area contributed by atoms with Crippen molar-refractivity contribution in [3.63, 3.8) is 0 Å². The molecule has 2 heteroatoms. The highest BCUT2D eigenvalue weighted by Gasteiger charge is 2.11. The van der Waals surface area contributed by atoms with Gasteiger partial charge in [0.25, 0.3) is 0 Å². The molecule has 0 radical (unpaired) electrons. The maximum atomic E-state index is 9.52. The van der Waals surface area contributed by atoms with Crippen molar-refractivity contribution in [2.45, 2.75) is 32.3 Å². The average Bonchev–Trinajstić information content (AvgIpc) is 2.00. The first-order valence-electron chi connectivity index (χ1n) is 4.44. The maximum Gasteiger partial charge on any atom is 0.0594 e. The van der Waals surface area contributed by atoms with E-state index < -0.39 is 5.60 Å². The first-order chi connectivity index (χ1) is 5.97. The monoisotopic (exact) mass is 198 g/mol. The van der Waals surface area contributed by atoms with Crippen LogP contribution in [0.5, 0.6) is 0 Å². The molecular weight excluding hydrogens is 184 g/mol. The maximum absolute atomic E-state index is 9.52. The number of aryl methyl sites for hydroxylation is 1. The van der Waals surface area contributed by atoms with E-state index in [-0.39, 0.29) is 0 Å². The number of hydrogen-bond acceptors (Lipinski definition) is 1. The topological polar surface area (TPSA) is 20.2 Å². The second-order valence-electron chi connectivity index (χ2n) is 3.94. The van der Waals surface area contributed by atoms with E-state index in [2.05, 4.69) is 0 Å². The predicted molar refractivity (Wildman–Crippen MR) is 56.1 cm³/mol. The van der Waals surface area contributed by atoms with Crippen molar-refractivity contribution >= 4 is 11.6 Å². The van der Waals surface area contributed by atoms with Gasteiger partial charge in [-0.25, -0.2) is 0 Å². The van der Waals surface area contributed by atoms with Crippen molar-refractivity contribution in [2.75, 3.05) is 0 Å². The summed E-state index contributed by atoms with van der Waals surface area (Å²) in [4.78, 5) is 0. The summed E-state index contributed by atoms with van der Waals surface area (Å²) in [6.45, 7) is 3.63. The summed E-state index contributed by atoms with van der Waals surface area (Å²) in [6.07, 6.45) is 1.62. The molecule has 0 atom stereocenters. The Labute approximate surface area is 84.4 Å². The van der Waals surface area contributed by atoms with Gasteiger partial charge in [-0.3, -0.25) is 0 Å². The van der Waals surface area contributed by atoms with Gasteiger partial charge in [0.05, 0.1) is 5.60 Å². The molecule has 0 aliphatic carbocycles. The first kappa shape index (κ1) is 10.6. The quantitative estimate of drug-likeness (QED) is 0.792. The largest absolute Gasteiger partial charge is 0.390 e. The highest BCUT2D eigenvalue weighted by atomic mass is 35.5. The van der Waals surface area contributed by atoms with Crippen LogP contribution < -0.4 is 0 Å². The summed E-state index contributed by atoms with van der Waals surface area (Å²) in [5, 5.41) is 10.3. The van der Waals surface area contributed by atoms with Crippen molar-refractivity contribution in [2.24, 2.45) is 0 Å². The molecule has 1 aromatic carbocycles. The number of halogens is 1. The second kappa shape index (κ2) is 4.12. The summed E-state index contributed by atoms with van der Waals surface area (Å²) < 4.78 is 0. The Kier molecular flexibility index (Phi) is 3.34. The van der Waals surface area contributed by atoms with Crippen LogP contribution in [0.1, 0.15) is 25.8 Å². The fourth-order valence-electron chi connectivity index (χ4n) is 1.14. The third kappa shape index (κ3) is 4.30. The minimum atomic E-state index is -0.595. The zero-order chi connectivity index (χ0) is 9.90. The van der Waals surface area contributed by atoms with Crippen molar-refractivity contribution < 1.29 is 5.11 Å². The van der Waals surface area contributed by atoms with E-state index in [1.54, 1.807) is 0 Å². The van der Waals surface area contributed by atoms with Crippen molar-refractivity contribution in [1.82, 2.24) is 0 Å². The predicted octanol–water partition coefficient (Wildman–Crippen LogP) is 3.04.